The minimum Gasteiger partial charge on any atom is -0.496 e. The fourth-order valence-electron chi connectivity index (χ4n) is 3.37. The summed E-state index contributed by atoms with van der Waals surface area (Å²) in [6.45, 7) is -0.372. The molecule has 7 heteroatoms. The summed E-state index contributed by atoms with van der Waals surface area (Å²) in [6.07, 6.45) is 6.01. The molecule has 30 heavy (non-hydrogen) atoms. The van der Waals surface area contributed by atoms with Gasteiger partial charge in [-0.2, -0.15) is 0 Å². The Hall–Kier alpha value is -3.48. The summed E-state index contributed by atoms with van der Waals surface area (Å²) in [6, 6.07) is 9.22. The maximum atomic E-state index is 12.1. The molecule has 1 aliphatic rings. The molecule has 0 aliphatic heterocycles. The number of hydrogen-bond donors (Lipinski definition) is 1. The molecule has 0 saturated heterocycles. The Balaban J connectivity index is 1.56. The number of amides is 1. The van der Waals surface area contributed by atoms with Crippen LogP contribution < -0.4 is 19.5 Å². The van der Waals surface area contributed by atoms with Crippen LogP contribution in [-0.2, 0) is 27.2 Å². The second-order valence-electron chi connectivity index (χ2n) is 6.78. The quantitative estimate of drug-likeness (QED) is 0.530. The first-order chi connectivity index (χ1) is 14.5. The standard InChI is InChI=1S/C23H25NO6/c1-27-19-13-21(29-3)20(28-2)12-17(19)8-10-23(26)30-14-22(25)24-18-9-7-15-5-4-6-16(15)11-18/h7-13H,4-6,14H2,1-3H3,(H,24,25)/b10-8+. The van der Waals surface area contributed by atoms with Crippen LogP contribution in [0.1, 0.15) is 23.1 Å². The van der Waals surface area contributed by atoms with E-state index in [1.165, 1.54) is 44.6 Å². The van der Waals surface area contributed by atoms with Gasteiger partial charge in [0.25, 0.3) is 5.91 Å². The molecule has 2 aromatic carbocycles. The Bertz CT molecular complexity index is 966. The number of hydrogen-bond acceptors (Lipinski definition) is 6. The number of benzene rings is 2. The molecule has 158 valence electrons. The van der Waals surface area contributed by atoms with Gasteiger partial charge in [0.1, 0.15) is 5.75 Å². The van der Waals surface area contributed by atoms with E-state index in [0.29, 0.717) is 28.5 Å². The van der Waals surface area contributed by atoms with Gasteiger partial charge in [-0.25, -0.2) is 4.79 Å². The monoisotopic (exact) mass is 411 g/mol. The minimum atomic E-state index is -0.643. The summed E-state index contributed by atoms with van der Waals surface area (Å²) in [5.74, 6) is 0.484. The van der Waals surface area contributed by atoms with Gasteiger partial charge in [0.05, 0.1) is 21.3 Å². The summed E-state index contributed by atoms with van der Waals surface area (Å²) < 4.78 is 20.8. The number of rotatable bonds is 8. The Morgan fingerprint density at radius 1 is 0.933 bits per heavy atom. The molecule has 0 radical (unpaired) electrons. The highest BCUT2D eigenvalue weighted by molar-refractivity contribution is 5.95. The van der Waals surface area contributed by atoms with Crippen LogP contribution in [0, 0.1) is 0 Å². The van der Waals surface area contributed by atoms with Crippen molar-refractivity contribution in [3.8, 4) is 17.2 Å². The molecule has 0 fully saturated rings. The Morgan fingerprint density at radius 3 is 2.37 bits per heavy atom. The van der Waals surface area contributed by atoms with Crippen LogP contribution in [0.25, 0.3) is 6.08 Å². The van der Waals surface area contributed by atoms with Crippen molar-refractivity contribution in [2.24, 2.45) is 0 Å². The van der Waals surface area contributed by atoms with Gasteiger partial charge < -0.3 is 24.3 Å². The minimum absolute atomic E-state index is 0.372. The largest absolute Gasteiger partial charge is 0.496 e. The lowest BCUT2D eigenvalue weighted by Gasteiger charge is -2.12. The average molecular weight is 411 g/mol. The molecule has 7 nitrogen and oxygen atoms in total. The number of carbonyl (C=O) groups excluding carboxylic acids is 2. The second-order valence-corrected chi connectivity index (χ2v) is 6.78. The van der Waals surface area contributed by atoms with Gasteiger partial charge in [0, 0.05) is 23.4 Å². The molecule has 0 unspecified atom stereocenters. The zero-order valence-electron chi connectivity index (χ0n) is 17.3. The van der Waals surface area contributed by atoms with E-state index in [1.807, 2.05) is 18.2 Å². The van der Waals surface area contributed by atoms with Gasteiger partial charge in [-0.15, -0.1) is 0 Å². The van der Waals surface area contributed by atoms with Crippen molar-refractivity contribution in [3.63, 3.8) is 0 Å². The number of aryl methyl sites for hydroxylation is 2. The Labute approximate surface area is 175 Å². The number of carbonyl (C=O) groups is 2. The molecule has 0 saturated carbocycles. The highest BCUT2D eigenvalue weighted by Crippen LogP contribution is 2.35. The third-order valence-electron chi connectivity index (χ3n) is 4.86. The van der Waals surface area contributed by atoms with E-state index in [9.17, 15) is 9.59 Å². The lowest BCUT2D eigenvalue weighted by molar-refractivity contribution is -0.142. The molecule has 2 aromatic rings. The topological polar surface area (TPSA) is 83.1 Å². The number of nitrogens with one attached hydrogen (secondary N) is 1. The van der Waals surface area contributed by atoms with Crippen molar-refractivity contribution in [1.82, 2.24) is 0 Å². The zero-order chi connectivity index (χ0) is 21.5. The van der Waals surface area contributed by atoms with E-state index in [4.69, 9.17) is 18.9 Å². The van der Waals surface area contributed by atoms with Crippen molar-refractivity contribution in [3.05, 3.63) is 53.1 Å². The lowest BCUT2D eigenvalue weighted by Crippen LogP contribution is -2.20. The van der Waals surface area contributed by atoms with E-state index in [0.717, 1.165) is 19.3 Å². The normalized spacial score (nSPS) is 12.4. The lowest BCUT2D eigenvalue weighted by atomic mass is 10.1. The van der Waals surface area contributed by atoms with E-state index < -0.39 is 11.9 Å². The van der Waals surface area contributed by atoms with Crippen molar-refractivity contribution in [2.45, 2.75) is 19.3 Å². The number of methoxy groups -OCH3 is 3. The number of anilines is 1. The van der Waals surface area contributed by atoms with E-state index in [2.05, 4.69) is 5.32 Å². The molecule has 0 atom stereocenters. The fourth-order valence-corrected chi connectivity index (χ4v) is 3.37. The first kappa shape index (κ1) is 21.2. The molecule has 3 rings (SSSR count). The third kappa shape index (κ3) is 5.11. The van der Waals surface area contributed by atoms with Crippen molar-refractivity contribution in [2.75, 3.05) is 33.3 Å². The summed E-state index contributed by atoms with van der Waals surface area (Å²) >= 11 is 0. The van der Waals surface area contributed by atoms with Crippen molar-refractivity contribution >= 4 is 23.6 Å². The van der Waals surface area contributed by atoms with E-state index >= 15 is 0 Å². The SMILES string of the molecule is COc1cc(OC)c(OC)cc1/C=C/C(=O)OCC(=O)Nc1ccc2c(c1)CCC2. The molecular formula is C23H25NO6. The van der Waals surface area contributed by atoms with Crippen molar-refractivity contribution in [1.29, 1.82) is 0 Å². The smallest absolute Gasteiger partial charge is 0.331 e. The van der Waals surface area contributed by atoms with Crippen LogP contribution in [0.15, 0.2) is 36.4 Å². The van der Waals surface area contributed by atoms with E-state index in [-0.39, 0.29) is 6.61 Å². The van der Waals surface area contributed by atoms with Gasteiger partial charge in [-0.3, -0.25) is 4.79 Å². The number of esters is 1. The molecule has 1 N–H and O–H groups in total. The molecule has 0 spiro atoms. The van der Waals surface area contributed by atoms with Crippen molar-refractivity contribution < 1.29 is 28.5 Å². The van der Waals surface area contributed by atoms with Gasteiger partial charge in [-0.1, -0.05) is 6.07 Å². The first-order valence-electron chi connectivity index (χ1n) is 9.60. The molecule has 0 bridgehead atoms. The average Bonchev–Trinajstić information content (AvgIpc) is 3.23. The highest BCUT2D eigenvalue weighted by Gasteiger charge is 2.13. The molecule has 0 aromatic heterocycles. The molecule has 0 heterocycles. The molecule has 1 aliphatic carbocycles. The van der Waals surface area contributed by atoms with Gasteiger partial charge >= 0.3 is 5.97 Å². The maximum Gasteiger partial charge on any atom is 0.331 e. The molecule has 1 amide bonds. The molecular weight excluding hydrogens is 386 g/mol. The fraction of sp³-hybridized carbons (Fsp3) is 0.304. The predicted molar refractivity (Wildman–Crippen MR) is 113 cm³/mol. The summed E-state index contributed by atoms with van der Waals surface area (Å²) in [7, 11) is 4.56. The van der Waals surface area contributed by atoms with Crippen LogP contribution in [-0.4, -0.2) is 39.8 Å². The Kier molecular flexibility index (Phi) is 6.95. The summed E-state index contributed by atoms with van der Waals surface area (Å²) in [5, 5.41) is 2.76. The van der Waals surface area contributed by atoms with Crippen LogP contribution in [0.3, 0.4) is 0 Å². The summed E-state index contributed by atoms with van der Waals surface area (Å²) in [4.78, 5) is 24.1. The number of ether oxygens (including phenoxy) is 4. The first-order valence-corrected chi connectivity index (χ1v) is 9.60. The highest BCUT2D eigenvalue weighted by atomic mass is 16.5. The van der Waals surface area contributed by atoms with Crippen LogP contribution in [0.5, 0.6) is 17.2 Å². The third-order valence-corrected chi connectivity index (χ3v) is 4.86. The van der Waals surface area contributed by atoms with E-state index in [1.54, 1.807) is 12.1 Å². The van der Waals surface area contributed by atoms with Gasteiger partial charge in [-0.05, 0) is 54.7 Å². The Morgan fingerprint density at radius 2 is 1.63 bits per heavy atom. The zero-order valence-corrected chi connectivity index (χ0v) is 17.3. The summed E-state index contributed by atoms with van der Waals surface area (Å²) in [5.41, 5.74) is 3.91. The number of fused-ring (bicyclic) bond motifs is 1. The van der Waals surface area contributed by atoms with Crippen LogP contribution >= 0.6 is 0 Å². The van der Waals surface area contributed by atoms with Gasteiger partial charge in [0.2, 0.25) is 0 Å². The van der Waals surface area contributed by atoms with Crippen LogP contribution in [0.2, 0.25) is 0 Å². The van der Waals surface area contributed by atoms with Crippen LogP contribution in [0.4, 0.5) is 5.69 Å². The van der Waals surface area contributed by atoms with Gasteiger partial charge in [0.15, 0.2) is 18.1 Å². The predicted octanol–water partition coefficient (Wildman–Crippen LogP) is 3.40. The second kappa shape index (κ2) is 9.82. The maximum absolute atomic E-state index is 12.1.